The molecule has 0 aromatic rings. The van der Waals surface area contributed by atoms with Crippen molar-refractivity contribution in [3.8, 4) is 0 Å². The van der Waals surface area contributed by atoms with Crippen LogP contribution in [0.5, 0.6) is 0 Å². The Morgan fingerprint density at radius 1 is 1.30 bits per heavy atom. The Bertz CT molecular complexity index is 147. The zero-order chi connectivity index (χ0) is 8.04. The fourth-order valence-electron chi connectivity index (χ4n) is 0.803. The largest absolute Gasteiger partial charge is 0.103 e. The lowest BCUT2D eigenvalue weighted by molar-refractivity contribution is 1.45. The van der Waals surface area contributed by atoms with E-state index in [-0.39, 0.29) is 0 Å². The first kappa shape index (κ1) is 10.1. The van der Waals surface area contributed by atoms with Crippen molar-refractivity contribution in [3.05, 3.63) is 25.3 Å². The number of rotatable bonds is 5. The first-order valence-corrected chi connectivity index (χ1v) is 6.83. The first-order valence-electron chi connectivity index (χ1n) is 3.47. The quantitative estimate of drug-likeness (QED) is 0.456. The monoisotopic (exact) mass is 174 g/mol. The third-order valence-electron chi connectivity index (χ3n) is 1.50. The summed E-state index contributed by atoms with van der Waals surface area (Å²) in [6.07, 6.45) is 7.04. The molecule has 0 rings (SSSR count). The molecule has 0 radical (unpaired) electrons. The van der Waals surface area contributed by atoms with Crippen LogP contribution in [0.25, 0.3) is 0 Å². The van der Waals surface area contributed by atoms with E-state index < -0.39 is 6.04 Å². The Morgan fingerprint density at radius 2 is 1.70 bits per heavy atom. The first-order chi connectivity index (χ1) is 4.68. The van der Waals surface area contributed by atoms with Gasteiger partial charge in [-0.2, -0.15) is 0 Å². The van der Waals surface area contributed by atoms with E-state index in [0.717, 1.165) is 18.5 Å². The highest BCUT2D eigenvalue weighted by Gasteiger charge is 2.08. The molecular formula is C8H15PS. The Hall–Kier alpha value is 0.130. The van der Waals surface area contributed by atoms with E-state index in [1.807, 2.05) is 12.2 Å². The molecule has 58 valence electrons. The summed E-state index contributed by atoms with van der Waals surface area (Å²) in [4.78, 5) is 0. The molecule has 0 unspecified atom stereocenters. The van der Waals surface area contributed by atoms with Crippen molar-refractivity contribution in [1.82, 2.24) is 0 Å². The molecule has 0 spiro atoms. The van der Waals surface area contributed by atoms with E-state index in [0.29, 0.717) is 0 Å². The van der Waals surface area contributed by atoms with Crippen LogP contribution in [-0.4, -0.2) is 18.5 Å². The highest BCUT2D eigenvalue weighted by atomic mass is 32.4. The summed E-state index contributed by atoms with van der Waals surface area (Å²) >= 11 is 5.47. The summed E-state index contributed by atoms with van der Waals surface area (Å²) in [5.41, 5.74) is 0. The molecule has 10 heavy (non-hydrogen) atoms. The third kappa shape index (κ3) is 3.34. The lowest BCUT2D eigenvalue weighted by Crippen LogP contribution is -1.92. The van der Waals surface area contributed by atoms with Gasteiger partial charge >= 0.3 is 0 Å². The van der Waals surface area contributed by atoms with Gasteiger partial charge in [-0.3, -0.25) is 0 Å². The molecule has 0 atom stereocenters. The molecule has 0 N–H and O–H groups in total. The Balaban J connectivity index is 4.07. The molecule has 2 heteroatoms. The molecule has 0 heterocycles. The average Bonchev–Trinajstić information content (AvgIpc) is 1.89. The van der Waals surface area contributed by atoms with Crippen LogP contribution < -0.4 is 0 Å². The second kappa shape index (κ2) is 4.87. The van der Waals surface area contributed by atoms with Gasteiger partial charge in [0.25, 0.3) is 0 Å². The van der Waals surface area contributed by atoms with Crippen LogP contribution in [0.4, 0.5) is 0 Å². The topological polar surface area (TPSA) is 0 Å². The van der Waals surface area contributed by atoms with Crippen LogP contribution >= 0.6 is 6.04 Å². The maximum absolute atomic E-state index is 5.47. The molecule has 0 saturated heterocycles. The highest BCUT2D eigenvalue weighted by molar-refractivity contribution is 8.14. The predicted molar refractivity (Wildman–Crippen MR) is 55.0 cm³/mol. The molecule has 0 nitrogen and oxygen atoms in total. The van der Waals surface area contributed by atoms with Crippen LogP contribution in [0.1, 0.15) is 6.92 Å². The van der Waals surface area contributed by atoms with Crippen LogP contribution in [0.3, 0.4) is 0 Å². The predicted octanol–water partition coefficient (Wildman–Crippen LogP) is 2.86. The molecule has 0 aliphatic heterocycles. The Morgan fingerprint density at radius 3 is 1.90 bits per heavy atom. The molecule has 0 aliphatic carbocycles. The molecular weight excluding hydrogens is 159 g/mol. The van der Waals surface area contributed by atoms with Gasteiger partial charge in [0.1, 0.15) is 0 Å². The Labute approximate surface area is 69.0 Å². The van der Waals surface area contributed by atoms with E-state index in [1.165, 1.54) is 0 Å². The van der Waals surface area contributed by atoms with Crippen molar-refractivity contribution in [3.63, 3.8) is 0 Å². The zero-order valence-electron chi connectivity index (χ0n) is 6.55. The van der Waals surface area contributed by atoms with E-state index in [4.69, 9.17) is 11.8 Å². The number of hydrogen-bond acceptors (Lipinski definition) is 1. The zero-order valence-corrected chi connectivity index (χ0v) is 8.26. The van der Waals surface area contributed by atoms with Crippen molar-refractivity contribution in [2.75, 3.05) is 18.5 Å². The van der Waals surface area contributed by atoms with E-state index in [9.17, 15) is 0 Å². The molecule has 0 fully saturated rings. The second-order valence-electron chi connectivity index (χ2n) is 2.32. The van der Waals surface area contributed by atoms with Gasteiger partial charge in [-0.15, -0.1) is 13.2 Å². The minimum absolute atomic E-state index is 1.02. The molecule has 0 saturated carbocycles. The smallest absolute Gasteiger partial charge is 0.00539 e. The van der Waals surface area contributed by atoms with E-state index in [2.05, 4.69) is 20.1 Å². The van der Waals surface area contributed by atoms with Gasteiger partial charge in [-0.1, -0.05) is 30.9 Å². The van der Waals surface area contributed by atoms with Crippen molar-refractivity contribution in [2.24, 2.45) is 0 Å². The Kier molecular flexibility index (Phi) is 4.93. The van der Waals surface area contributed by atoms with Crippen LogP contribution in [0, 0.1) is 0 Å². The van der Waals surface area contributed by atoms with E-state index in [1.54, 1.807) is 0 Å². The fraction of sp³-hybridized carbons (Fsp3) is 0.500. The summed E-state index contributed by atoms with van der Waals surface area (Å²) in [6, 6.07) is -1.10. The summed E-state index contributed by atoms with van der Waals surface area (Å²) in [6.45, 7) is 9.57. The van der Waals surface area contributed by atoms with Gasteiger partial charge < -0.3 is 0 Å². The standard InChI is InChI=1S/C8H15PS/c1-4-7-9(10,6-3)8-5-2/h4-5H,1-2,6-8H2,3H3. The number of hydrogen-bond donors (Lipinski definition) is 0. The third-order valence-corrected chi connectivity index (χ3v) is 6.17. The van der Waals surface area contributed by atoms with Gasteiger partial charge in [-0.05, 0) is 24.5 Å². The summed E-state index contributed by atoms with van der Waals surface area (Å²) in [5, 5.41) is 0. The molecule has 0 aromatic carbocycles. The maximum Gasteiger partial charge on any atom is -0.00539 e. The van der Waals surface area contributed by atoms with Gasteiger partial charge in [0, 0.05) is 0 Å². The van der Waals surface area contributed by atoms with Crippen molar-refractivity contribution >= 4 is 17.8 Å². The summed E-state index contributed by atoms with van der Waals surface area (Å²) < 4.78 is 0. The molecule has 0 aromatic heterocycles. The van der Waals surface area contributed by atoms with Crippen molar-refractivity contribution < 1.29 is 0 Å². The lowest BCUT2D eigenvalue weighted by atomic mass is 10.7. The average molecular weight is 174 g/mol. The molecule has 0 amide bonds. The highest BCUT2D eigenvalue weighted by Crippen LogP contribution is 2.45. The van der Waals surface area contributed by atoms with E-state index >= 15 is 0 Å². The van der Waals surface area contributed by atoms with Crippen molar-refractivity contribution in [2.45, 2.75) is 6.92 Å². The minimum atomic E-state index is -1.10. The summed E-state index contributed by atoms with van der Waals surface area (Å²) in [5.74, 6) is 0. The fourth-order valence-corrected chi connectivity index (χ4v) is 3.04. The van der Waals surface area contributed by atoms with Gasteiger partial charge in [0.15, 0.2) is 0 Å². The van der Waals surface area contributed by atoms with Crippen LogP contribution in [-0.2, 0) is 11.8 Å². The van der Waals surface area contributed by atoms with Crippen LogP contribution in [0.15, 0.2) is 25.3 Å². The normalized spacial score (nSPS) is 10.9. The second-order valence-corrected chi connectivity index (χ2v) is 8.12. The molecule has 0 aliphatic rings. The lowest BCUT2D eigenvalue weighted by Gasteiger charge is -2.15. The van der Waals surface area contributed by atoms with Crippen molar-refractivity contribution in [1.29, 1.82) is 0 Å². The molecule has 0 bridgehead atoms. The SMILES string of the molecule is C=CCP(=S)(CC)CC=C. The minimum Gasteiger partial charge on any atom is -0.103 e. The number of allylic oxidation sites excluding steroid dienone is 2. The van der Waals surface area contributed by atoms with Crippen LogP contribution in [0.2, 0.25) is 0 Å². The van der Waals surface area contributed by atoms with Gasteiger partial charge in [0.05, 0.1) is 0 Å². The maximum atomic E-state index is 5.47. The van der Waals surface area contributed by atoms with Gasteiger partial charge in [-0.25, -0.2) is 0 Å². The van der Waals surface area contributed by atoms with Gasteiger partial charge in [0.2, 0.25) is 0 Å². The summed E-state index contributed by atoms with van der Waals surface area (Å²) in [7, 11) is 0.